The highest BCUT2D eigenvalue weighted by molar-refractivity contribution is 6.15. The summed E-state index contributed by atoms with van der Waals surface area (Å²) in [6.45, 7) is 5.87. The van der Waals surface area contributed by atoms with Gasteiger partial charge in [-0.2, -0.15) is 0 Å². The van der Waals surface area contributed by atoms with Crippen molar-refractivity contribution in [1.82, 2.24) is 0 Å². The molecular weight excluding hydrogens is 548 g/mol. The van der Waals surface area contributed by atoms with Gasteiger partial charge in [0.1, 0.15) is 5.75 Å². The van der Waals surface area contributed by atoms with E-state index in [0.29, 0.717) is 22.4 Å². The highest BCUT2D eigenvalue weighted by atomic mass is 16.3. The quantitative estimate of drug-likeness (QED) is 0.228. The maximum atomic E-state index is 13.0. The second kappa shape index (κ2) is 11.6. The minimum atomic E-state index is -0.0550. The summed E-state index contributed by atoms with van der Waals surface area (Å²) in [7, 11) is 0. The number of carbonyl (C=O) groups excluding carboxylic acids is 2. The molecule has 2 atom stereocenters. The fourth-order valence-electron chi connectivity index (χ4n) is 6.22. The molecule has 0 aromatic heterocycles. The van der Waals surface area contributed by atoms with E-state index in [1.54, 1.807) is 30.2 Å². The summed E-state index contributed by atoms with van der Waals surface area (Å²) < 4.78 is 0. The fourth-order valence-corrected chi connectivity index (χ4v) is 6.22. The number of rotatable bonds is 0. The second-order valence-corrected chi connectivity index (χ2v) is 11.3. The van der Waals surface area contributed by atoms with E-state index in [0.717, 1.165) is 35.5 Å². The Morgan fingerprint density at radius 1 is 0.636 bits per heavy atom. The van der Waals surface area contributed by atoms with Crippen molar-refractivity contribution >= 4 is 47.0 Å². The van der Waals surface area contributed by atoms with Gasteiger partial charge in [0, 0.05) is 42.7 Å². The first kappa shape index (κ1) is 30.4. The van der Waals surface area contributed by atoms with Crippen LogP contribution in [0.5, 0.6) is 5.75 Å². The highest BCUT2D eigenvalue weighted by Gasteiger charge is 2.37. The van der Waals surface area contributed by atoms with Gasteiger partial charge in [0.2, 0.25) is 0 Å². The first-order valence-electron chi connectivity index (χ1n) is 14.2. The van der Waals surface area contributed by atoms with E-state index in [1.165, 1.54) is 16.7 Å². The zero-order valence-corrected chi connectivity index (χ0v) is 23.7. The lowest BCUT2D eigenvalue weighted by Crippen LogP contribution is -2.37. The van der Waals surface area contributed by atoms with Gasteiger partial charge in [0.15, 0.2) is 0 Å². The third-order valence-electron chi connectivity index (χ3n) is 8.62. The molecule has 4 aromatic carbocycles. The number of carbonyl (C=O) groups is 2. The Kier molecular flexibility index (Phi) is 8.00. The molecule has 4 aromatic rings. The molecule has 7 nitrogen and oxygen atoms in total. The molecule has 0 unspecified atom stereocenters. The summed E-state index contributed by atoms with van der Waals surface area (Å²) in [6, 6.07) is 23.3. The van der Waals surface area contributed by atoms with Crippen LogP contribution in [0.25, 0.3) is 0 Å². The highest BCUT2D eigenvalue weighted by Crippen LogP contribution is 2.39. The molecular formula is C37H38N4O3. The van der Waals surface area contributed by atoms with Crippen molar-refractivity contribution in [2.24, 2.45) is 9.98 Å². The van der Waals surface area contributed by atoms with E-state index in [4.69, 9.17) is 0 Å². The summed E-state index contributed by atoms with van der Waals surface area (Å²) >= 11 is 0. The Morgan fingerprint density at radius 3 is 1.59 bits per heavy atom. The van der Waals surface area contributed by atoms with Crippen molar-refractivity contribution in [2.45, 2.75) is 60.5 Å². The number of hydrogen-bond acceptors (Lipinski definition) is 5. The van der Waals surface area contributed by atoms with Crippen LogP contribution in [-0.2, 0) is 12.8 Å². The van der Waals surface area contributed by atoms with E-state index >= 15 is 0 Å². The minimum absolute atomic E-state index is 0. The van der Waals surface area contributed by atoms with Crippen molar-refractivity contribution in [3.8, 4) is 5.75 Å². The first-order chi connectivity index (χ1) is 20.3. The molecule has 224 valence electrons. The van der Waals surface area contributed by atoms with Crippen molar-refractivity contribution < 1.29 is 14.7 Å². The Balaban J connectivity index is 0.000000167. The maximum Gasteiger partial charge on any atom is 0.261 e. The molecule has 8 rings (SSSR count). The van der Waals surface area contributed by atoms with Gasteiger partial charge in [0.25, 0.3) is 11.8 Å². The normalized spacial score (nSPS) is 18.2. The molecule has 0 saturated carbocycles. The molecule has 0 fully saturated rings. The number of aryl methyl sites for hydroxylation is 3. The van der Waals surface area contributed by atoms with Crippen LogP contribution in [-0.4, -0.2) is 41.4 Å². The number of hydrogen-bond donors (Lipinski definition) is 1. The topological polar surface area (TPSA) is 85.6 Å². The number of para-hydroxylation sites is 2. The van der Waals surface area contributed by atoms with Crippen molar-refractivity contribution in [3.63, 3.8) is 0 Å². The zero-order valence-electron chi connectivity index (χ0n) is 23.7. The van der Waals surface area contributed by atoms with Gasteiger partial charge in [-0.25, -0.2) is 0 Å². The number of phenolic OH excluding ortho intramolecular Hbond substituents is 1. The van der Waals surface area contributed by atoms with Crippen LogP contribution in [0.1, 0.15) is 63.4 Å². The lowest BCUT2D eigenvalue weighted by Gasteiger charge is -2.21. The number of aliphatic imine (C=N–C) groups is 2. The molecule has 4 heterocycles. The average molecular weight is 587 g/mol. The summed E-state index contributed by atoms with van der Waals surface area (Å²) in [5, 5.41) is 9.82. The lowest BCUT2D eigenvalue weighted by molar-refractivity contribution is 0.0979. The monoisotopic (exact) mass is 586 g/mol. The van der Waals surface area contributed by atoms with Crippen LogP contribution < -0.4 is 9.80 Å². The number of benzene rings is 4. The third kappa shape index (κ3) is 4.88. The van der Waals surface area contributed by atoms with Gasteiger partial charge < -0.3 is 5.11 Å². The standard InChI is InChI=1S/C18H16N2O.C17H14N2O2.2CH4/c1-11-7-15-16(8-12(11)2)19-10-14-9-13-5-3-4-6-17(13)20(14)18(15)21;1-10-6-13-14(8-16(10)20)18-9-12-7-11-4-2-3-5-15(11)19(12)17(13)21;;/h3-8,10,14H,9H2,1-2H3;2-6,8-9,12,20H,7H2,1H3;2*1H4/t14-;12-;;/m00../s1. The molecule has 0 bridgehead atoms. The first-order valence-corrected chi connectivity index (χ1v) is 14.2. The third-order valence-corrected chi connectivity index (χ3v) is 8.62. The Bertz CT molecular complexity index is 1720. The molecule has 4 aliphatic heterocycles. The van der Waals surface area contributed by atoms with Gasteiger partial charge in [-0.1, -0.05) is 51.3 Å². The van der Waals surface area contributed by atoms with Gasteiger partial charge in [-0.05, 0) is 78.9 Å². The molecule has 7 heteroatoms. The zero-order chi connectivity index (χ0) is 29.1. The predicted molar refractivity (Wildman–Crippen MR) is 180 cm³/mol. The number of anilines is 2. The Hall–Kier alpha value is -5.04. The molecule has 44 heavy (non-hydrogen) atoms. The van der Waals surface area contributed by atoms with Gasteiger partial charge >= 0.3 is 0 Å². The molecule has 0 aliphatic carbocycles. The summed E-state index contributed by atoms with van der Waals surface area (Å²) in [5.74, 6) is 0.169. The predicted octanol–water partition coefficient (Wildman–Crippen LogP) is 7.85. The van der Waals surface area contributed by atoms with E-state index < -0.39 is 0 Å². The average Bonchev–Trinajstić information content (AvgIpc) is 3.48. The van der Waals surface area contributed by atoms with Crippen LogP contribution in [0.4, 0.5) is 22.7 Å². The number of aromatic hydroxyl groups is 1. The van der Waals surface area contributed by atoms with E-state index in [2.05, 4.69) is 23.0 Å². The fraction of sp³-hybridized carbons (Fsp3) is 0.243. The van der Waals surface area contributed by atoms with Crippen LogP contribution in [0.2, 0.25) is 0 Å². The molecule has 4 aliphatic rings. The second-order valence-electron chi connectivity index (χ2n) is 11.3. The largest absolute Gasteiger partial charge is 0.508 e. The van der Waals surface area contributed by atoms with E-state index in [1.807, 2.05) is 72.6 Å². The van der Waals surface area contributed by atoms with Gasteiger partial charge in [0.05, 0.1) is 34.6 Å². The minimum Gasteiger partial charge on any atom is -0.508 e. The summed E-state index contributed by atoms with van der Waals surface area (Å²) in [4.78, 5) is 38.6. The number of nitrogens with zero attached hydrogens (tertiary/aromatic N) is 4. The van der Waals surface area contributed by atoms with Crippen LogP contribution in [0, 0.1) is 20.8 Å². The van der Waals surface area contributed by atoms with Gasteiger partial charge in [-0.15, -0.1) is 0 Å². The smallest absolute Gasteiger partial charge is 0.261 e. The van der Waals surface area contributed by atoms with Crippen molar-refractivity contribution in [3.05, 3.63) is 112 Å². The summed E-state index contributed by atoms with van der Waals surface area (Å²) in [5.41, 5.74) is 9.91. The number of fused-ring (bicyclic) bond motifs is 8. The number of amides is 2. The Labute approximate surface area is 259 Å². The van der Waals surface area contributed by atoms with Gasteiger partial charge in [-0.3, -0.25) is 29.4 Å². The molecule has 0 radical (unpaired) electrons. The molecule has 2 amide bonds. The Morgan fingerprint density at radius 2 is 1.07 bits per heavy atom. The summed E-state index contributed by atoms with van der Waals surface area (Å²) in [6.07, 6.45) is 5.35. The number of phenols is 1. The van der Waals surface area contributed by atoms with Crippen LogP contribution in [0.3, 0.4) is 0 Å². The maximum absolute atomic E-state index is 13.0. The molecule has 0 saturated heterocycles. The van der Waals surface area contributed by atoms with Crippen LogP contribution >= 0.6 is 0 Å². The lowest BCUT2D eigenvalue weighted by atomic mass is 10.0. The van der Waals surface area contributed by atoms with Crippen LogP contribution in [0.15, 0.2) is 82.8 Å². The van der Waals surface area contributed by atoms with E-state index in [-0.39, 0.29) is 44.5 Å². The molecule has 1 N–H and O–H groups in total. The van der Waals surface area contributed by atoms with Crippen molar-refractivity contribution in [2.75, 3.05) is 9.80 Å². The van der Waals surface area contributed by atoms with E-state index in [9.17, 15) is 14.7 Å². The molecule has 0 spiro atoms. The SMILES string of the molecule is C.C.Cc1cc2c(cc1C)C(=O)N1c3ccccc3C[C@H]1C=N2.Cc1cc2c(cc1O)N=C[C@@H]1Cc3ccccc3N1C2=O. The van der Waals surface area contributed by atoms with Crippen molar-refractivity contribution in [1.29, 1.82) is 0 Å².